The number of rotatable bonds is 6. The van der Waals surface area contributed by atoms with Crippen LogP contribution < -0.4 is 5.32 Å². The first-order valence-electron chi connectivity index (χ1n) is 16.2. The minimum atomic E-state index is -0.716. The Kier molecular flexibility index (Phi) is 9.13. The average molecular weight is 622 g/mol. The Hall–Kier alpha value is -3.53. The maximum Gasteiger partial charge on any atom is 0.412 e. The van der Waals surface area contributed by atoms with Crippen molar-refractivity contribution in [1.82, 2.24) is 0 Å². The molecule has 0 radical (unpaired) electrons. The molecule has 0 bridgehead atoms. The summed E-state index contributed by atoms with van der Waals surface area (Å²) in [6.45, 7) is 6.36. The molecule has 2 aromatic carbocycles. The van der Waals surface area contributed by atoms with Gasteiger partial charge in [0.15, 0.2) is 12.4 Å². The van der Waals surface area contributed by atoms with Crippen LogP contribution in [0.1, 0.15) is 81.4 Å². The van der Waals surface area contributed by atoms with E-state index < -0.39 is 11.7 Å². The largest absolute Gasteiger partial charge is 0.436 e. The number of fused-ring (bicyclic) bond motifs is 4. The third-order valence-corrected chi connectivity index (χ3v) is 11.8. The van der Waals surface area contributed by atoms with E-state index in [1.807, 2.05) is 50.3 Å². The molecule has 0 saturated heterocycles. The second kappa shape index (κ2) is 13.1. The number of benzene rings is 2. The molecule has 0 heterocycles. The van der Waals surface area contributed by atoms with Gasteiger partial charge in [-0.25, -0.2) is 4.79 Å². The molecular formula is C39H43NO4S. The first-order valence-corrected chi connectivity index (χ1v) is 17.3. The lowest BCUT2D eigenvalue weighted by Crippen LogP contribution is -2.52. The number of ketones is 1. The van der Waals surface area contributed by atoms with E-state index in [9.17, 15) is 14.7 Å². The van der Waals surface area contributed by atoms with Crippen LogP contribution in [0, 0.1) is 36.0 Å². The van der Waals surface area contributed by atoms with Crippen molar-refractivity contribution in [3.63, 3.8) is 0 Å². The van der Waals surface area contributed by atoms with Crippen LogP contribution in [-0.4, -0.2) is 34.9 Å². The highest BCUT2D eigenvalue weighted by Crippen LogP contribution is 2.67. The predicted molar refractivity (Wildman–Crippen MR) is 182 cm³/mol. The Morgan fingerprint density at radius 2 is 1.89 bits per heavy atom. The summed E-state index contributed by atoms with van der Waals surface area (Å²) in [6.07, 6.45) is 9.65. The van der Waals surface area contributed by atoms with Gasteiger partial charge in [-0.1, -0.05) is 60.2 Å². The third kappa shape index (κ3) is 6.30. The molecule has 5 unspecified atom stereocenters. The van der Waals surface area contributed by atoms with Crippen molar-refractivity contribution in [3.8, 4) is 11.8 Å². The van der Waals surface area contributed by atoms with E-state index in [2.05, 4.69) is 53.8 Å². The second-order valence-corrected chi connectivity index (χ2v) is 14.2. The number of thioether (sulfide) groups is 1. The van der Waals surface area contributed by atoms with E-state index in [1.54, 1.807) is 11.8 Å². The highest BCUT2D eigenvalue weighted by atomic mass is 32.2. The number of hydrogen-bond acceptors (Lipinski definition) is 5. The van der Waals surface area contributed by atoms with Gasteiger partial charge in [0.1, 0.15) is 0 Å². The standard InChI is InChI=1S/C39H43NO4S/c1-4-22-45-25-39(43)20-19-35-33-17-13-29-23-31(41)16-18-32(29)36(33)34(24-38(35,39)3)28-11-9-27(10-12-28)6-5-21-44-37(42)40-30-14-7-26(2)8-15-30/h4,7-12,14-15,22-23,33-35,43H,13,16-21,24-25H2,1-3H3,(H,40,42). The maximum atomic E-state index is 12.4. The minimum Gasteiger partial charge on any atom is -0.436 e. The van der Waals surface area contributed by atoms with Gasteiger partial charge in [0.25, 0.3) is 0 Å². The second-order valence-electron chi connectivity index (χ2n) is 13.3. The molecule has 2 N–H and O–H groups in total. The minimum absolute atomic E-state index is 0.00259. The summed E-state index contributed by atoms with van der Waals surface area (Å²) in [6, 6.07) is 16.0. The smallest absolute Gasteiger partial charge is 0.412 e. The molecule has 234 valence electrons. The van der Waals surface area contributed by atoms with E-state index in [-0.39, 0.29) is 23.7 Å². The molecule has 5 atom stereocenters. The highest BCUT2D eigenvalue weighted by molar-refractivity contribution is 8.02. The summed E-state index contributed by atoms with van der Waals surface area (Å²) in [5, 5.41) is 17.0. The zero-order valence-corrected chi connectivity index (χ0v) is 27.3. The maximum absolute atomic E-state index is 12.4. The van der Waals surface area contributed by atoms with E-state index in [0.717, 1.165) is 55.4 Å². The Bertz CT molecular complexity index is 1610. The van der Waals surface area contributed by atoms with Gasteiger partial charge in [-0.3, -0.25) is 10.1 Å². The normalized spacial score (nSPS) is 28.8. The molecule has 6 rings (SSSR count). The Labute approximate surface area is 271 Å². The van der Waals surface area contributed by atoms with E-state index in [1.165, 1.54) is 22.3 Å². The lowest BCUT2D eigenvalue weighted by molar-refractivity contribution is -0.114. The molecule has 4 aliphatic rings. The Balaban J connectivity index is 1.23. The van der Waals surface area contributed by atoms with Crippen LogP contribution in [0.5, 0.6) is 0 Å². The fourth-order valence-corrected chi connectivity index (χ4v) is 9.44. The zero-order valence-electron chi connectivity index (χ0n) is 26.5. The summed E-state index contributed by atoms with van der Waals surface area (Å²) in [7, 11) is 0. The zero-order chi connectivity index (χ0) is 31.6. The number of aliphatic hydroxyl groups is 1. The molecule has 2 aromatic rings. The molecule has 2 saturated carbocycles. The Morgan fingerprint density at radius 1 is 1.11 bits per heavy atom. The van der Waals surface area contributed by atoms with Crippen molar-refractivity contribution in [2.45, 2.75) is 77.2 Å². The van der Waals surface area contributed by atoms with E-state index >= 15 is 0 Å². The quantitative estimate of drug-likeness (QED) is 0.317. The fraction of sp³-hybridized carbons (Fsp3) is 0.436. The summed E-state index contributed by atoms with van der Waals surface area (Å²) in [4.78, 5) is 24.5. The van der Waals surface area contributed by atoms with Crippen LogP contribution in [0.4, 0.5) is 10.5 Å². The van der Waals surface area contributed by atoms with Crippen LogP contribution in [0.3, 0.4) is 0 Å². The Morgan fingerprint density at radius 3 is 2.64 bits per heavy atom. The third-order valence-electron chi connectivity index (χ3n) is 10.7. The number of amides is 1. The molecule has 5 nitrogen and oxygen atoms in total. The number of hydrogen-bond donors (Lipinski definition) is 2. The van der Waals surface area contributed by atoms with Crippen LogP contribution in [0.25, 0.3) is 0 Å². The summed E-state index contributed by atoms with van der Waals surface area (Å²) in [5.74, 6) is 8.12. The van der Waals surface area contributed by atoms with Crippen LogP contribution in [-0.2, 0) is 9.53 Å². The summed E-state index contributed by atoms with van der Waals surface area (Å²) >= 11 is 1.72. The topological polar surface area (TPSA) is 75.6 Å². The molecule has 0 aromatic heterocycles. The molecular weight excluding hydrogens is 578 g/mol. The van der Waals surface area contributed by atoms with Crippen molar-refractivity contribution >= 4 is 29.3 Å². The van der Waals surface area contributed by atoms with Gasteiger partial charge in [0, 0.05) is 34.8 Å². The number of nitrogens with one attached hydrogen (secondary N) is 1. The molecule has 1 amide bonds. The summed E-state index contributed by atoms with van der Waals surface area (Å²) < 4.78 is 5.25. The molecule has 45 heavy (non-hydrogen) atoms. The van der Waals surface area contributed by atoms with Crippen LogP contribution >= 0.6 is 11.8 Å². The fourth-order valence-electron chi connectivity index (χ4n) is 8.40. The molecule has 0 aliphatic heterocycles. The van der Waals surface area contributed by atoms with Gasteiger partial charge in [-0.2, -0.15) is 0 Å². The number of carbonyl (C=O) groups excluding carboxylic acids is 2. The number of carbonyl (C=O) groups is 2. The van der Waals surface area contributed by atoms with E-state index in [0.29, 0.717) is 23.9 Å². The molecule has 6 heteroatoms. The van der Waals surface area contributed by atoms with Crippen molar-refractivity contribution < 1.29 is 19.4 Å². The first-order chi connectivity index (χ1) is 21.7. The van der Waals surface area contributed by atoms with Gasteiger partial charge in [0.2, 0.25) is 0 Å². The highest BCUT2D eigenvalue weighted by Gasteiger charge is 2.62. The van der Waals surface area contributed by atoms with Crippen LogP contribution in [0.2, 0.25) is 0 Å². The average Bonchev–Trinajstić information content (AvgIpc) is 3.30. The molecule has 0 spiro atoms. The lowest BCUT2D eigenvalue weighted by atomic mass is 9.51. The summed E-state index contributed by atoms with van der Waals surface area (Å²) in [5.41, 5.74) is 7.20. The van der Waals surface area contributed by atoms with Crippen molar-refractivity contribution in [1.29, 1.82) is 0 Å². The first kappa shape index (κ1) is 31.5. The van der Waals surface area contributed by atoms with Crippen LogP contribution in [0.15, 0.2) is 82.8 Å². The van der Waals surface area contributed by atoms with Crippen molar-refractivity contribution in [3.05, 3.63) is 99.5 Å². The lowest BCUT2D eigenvalue weighted by Gasteiger charge is -2.55. The number of aryl methyl sites for hydroxylation is 1. The molecule has 4 aliphatic carbocycles. The number of ether oxygens (including phenoxy) is 1. The van der Waals surface area contributed by atoms with Crippen molar-refractivity contribution in [2.75, 3.05) is 17.7 Å². The van der Waals surface area contributed by atoms with Gasteiger partial charge in [-0.15, -0.1) is 11.8 Å². The van der Waals surface area contributed by atoms with Gasteiger partial charge in [0.05, 0.1) is 5.60 Å². The SMILES string of the molecule is CC=CSCC1(O)CCC2C3CCC4=CC(=O)CCC4=C3C(c3ccc(C#CCOC(=O)Nc4ccc(C)cc4)cc3)CC21C. The molecule has 2 fully saturated rings. The predicted octanol–water partition coefficient (Wildman–Crippen LogP) is 8.49. The number of allylic oxidation sites excluding steroid dienone is 5. The van der Waals surface area contributed by atoms with Crippen molar-refractivity contribution in [2.24, 2.45) is 17.3 Å². The van der Waals surface area contributed by atoms with E-state index in [4.69, 9.17) is 4.74 Å². The monoisotopic (exact) mass is 621 g/mol. The van der Waals surface area contributed by atoms with Gasteiger partial charge < -0.3 is 9.84 Å². The number of anilines is 1. The van der Waals surface area contributed by atoms with Gasteiger partial charge in [-0.05, 0) is 117 Å². The van der Waals surface area contributed by atoms with Gasteiger partial charge >= 0.3 is 6.09 Å².